The van der Waals surface area contributed by atoms with Crippen molar-refractivity contribution in [3.63, 3.8) is 0 Å². The standard InChI is InChI=1S/C9H7ClN2O/c1-12-5-7(10)6-3-2-4-11-8(6)9(12)13/h2-5H,1H3. The lowest BCUT2D eigenvalue weighted by Gasteiger charge is -2.01. The lowest BCUT2D eigenvalue weighted by Crippen LogP contribution is -2.16. The van der Waals surface area contributed by atoms with Gasteiger partial charge in [-0.2, -0.15) is 0 Å². The first-order valence-electron chi connectivity index (χ1n) is 3.80. The molecule has 2 heterocycles. The van der Waals surface area contributed by atoms with Crippen LogP contribution in [-0.2, 0) is 7.05 Å². The van der Waals surface area contributed by atoms with Gasteiger partial charge in [0.05, 0.1) is 5.02 Å². The zero-order valence-corrected chi connectivity index (χ0v) is 7.75. The molecule has 0 saturated heterocycles. The number of nitrogens with zero attached hydrogens (tertiary/aromatic N) is 2. The van der Waals surface area contributed by atoms with Gasteiger partial charge in [0.15, 0.2) is 0 Å². The number of hydrogen-bond donors (Lipinski definition) is 0. The van der Waals surface area contributed by atoms with Crippen molar-refractivity contribution >= 4 is 22.5 Å². The Morgan fingerprint density at radius 1 is 1.54 bits per heavy atom. The minimum Gasteiger partial charge on any atom is -0.315 e. The molecule has 0 fully saturated rings. The smallest absolute Gasteiger partial charge is 0.276 e. The normalized spacial score (nSPS) is 10.6. The molecule has 0 radical (unpaired) electrons. The second-order valence-corrected chi connectivity index (χ2v) is 3.20. The number of rotatable bonds is 0. The van der Waals surface area contributed by atoms with E-state index in [2.05, 4.69) is 4.98 Å². The Morgan fingerprint density at radius 2 is 2.31 bits per heavy atom. The number of aryl methyl sites for hydroxylation is 1. The summed E-state index contributed by atoms with van der Waals surface area (Å²) in [5.41, 5.74) is 0.289. The average Bonchev–Trinajstić information content (AvgIpc) is 2.15. The number of fused-ring (bicyclic) bond motifs is 1. The molecule has 3 nitrogen and oxygen atoms in total. The van der Waals surface area contributed by atoms with E-state index in [-0.39, 0.29) is 5.56 Å². The Labute approximate surface area is 79.6 Å². The van der Waals surface area contributed by atoms with Crippen molar-refractivity contribution in [1.29, 1.82) is 0 Å². The predicted molar refractivity (Wildman–Crippen MR) is 52.0 cm³/mol. The molecule has 2 aromatic heterocycles. The first-order valence-corrected chi connectivity index (χ1v) is 4.18. The van der Waals surface area contributed by atoms with Gasteiger partial charge in [-0.05, 0) is 12.1 Å². The number of hydrogen-bond acceptors (Lipinski definition) is 2. The Kier molecular flexibility index (Phi) is 1.81. The first kappa shape index (κ1) is 8.26. The van der Waals surface area contributed by atoms with E-state index in [1.165, 1.54) is 4.57 Å². The van der Waals surface area contributed by atoms with E-state index in [0.29, 0.717) is 15.9 Å². The molecule has 0 saturated carbocycles. The van der Waals surface area contributed by atoms with E-state index >= 15 is 0 Å². The maximum atomic E-state index is 11.5. The summed E-state index contributed by atoms with van der Waals surface area (Å²) in [6, 6.07) is 3.54. The first-order chi connectivity index (χ1) is 6.20. The third kappa shape index (κ3) is 1.21. The summed E-state index contributed by atoms with van der Waals surface area (Å²) in [6.45, 7) is 0. The van der Waals surface area contributed by atoms with Gasteiger partial charge in [-0.15, -0.1) is 0 Å². The van der Waals surface area contributed by atoms with Crippen LogP contribution in [0.3, 0.4) is 0 Å². The molecular formula is C9H7ClN2O. The summed E-state index contributed by atoms with van der Waals surface area (Å²) in [4.78, 5) is 15.5. The lowest BCUT2D eigenvalue weighted by atomic mass is 10.2. The van der Waals surface area contributed by atoms with Crippen molar-refractivity contribution in [2.75, 3.05) is 0 Å². The van der Waals surface area contributed by atoms with E-state index in [1.54, 1.807) is 31.6 Å². The van der Waals surface area contributed by atoms with Crippen LogP contribution in [0.15, 0.2) is 29.3 Å². The predicted octanol–water partition coefficient (Wildman–Crippen LogP) is 1.59. The summed E-state index contributed by atoms with van der Waals surface area (Å²) in [5.74, 6) is 0. The van der Waals surface area contributed by atoms with Crippen LogP contribution in [0.4, 0.5) is 0 Å². The van der Waals surface area contributed by atoms with Crippen molar-refractivity contribution in [3.05, 3.63) is 39.9 Å². The van der Waals surface area contributed by atoms with Crippen molar-refractivity contribution in [2.45, 2.75) is 0 Å². The minimum absolute atomic E-state index is 0.125. The Balaban J connectivity index is 3.06. The summed E-state index contributed by atoms with van der Waals surface area (Å²) in [6.07, 6.45) is 3.17. The van der Waals surface area contributed by atoms with E-state index in [0.717, 1.165) is 0 Å². The molecule has 2 rings (SSSR count). The molecule has 0 unspecified atom stereocenters. The van der Waals surface area contributed by atoms with Crippen LogP contribution in [0.25, 0.3) is 10.9 Å². The van der Waals surface area contributed by atoms with Gasteiger partial charge in [0.1, 0.15) is 5.52 Å². The fraction of sp³-hybridized carbons (Fsp3) is 0.111. The SMILES string of the molecule is Cn1cc(Cl)c2cccnc2c1=O. The van der Waals surface area contributed by atoms with Crippen LogP contribution in [0.1, 0.15) is 0 Å². The summed E-state index contributed by atoms with van der Waals surface area (Å²) in [5, 5.41) is 1.25. The molecule has 0 N–H and O–H groups in total. The molecule has 2 aromatic rings. The number of halogens is 1. The number of aromatic nitrogens is 2. The van der Waals surface area contributed by atoms with Gasteiger partial charge in [-0.1, -0.05) is 11.6 Å². The van der Waals surface area contributed by atoms with E-state index < -0.39 is 0 Å². The highest BCUT2D eigenvalue weighted by atomic mass is 35.5. The maximum Gasteiger partial charge on any atom is 0.276 e. The molecule has 66 valence electrons. The molecule has 0 aliphatic heterocycles. The van der Waals surface area contributed by atoms with Gasteiger partial charge >= 0.3 is 0 Å². The van der Waals surface area contributed by atoms with Gasteiger partial charge < -0.3 is 4.57 Å². The fourth-order valence-electron chi connectivity index (χ4n) is 1.23. The van der Waals surface area contributed by atoms with Gasteiger partial charge in [-0.25, -0.2) is 0 Å². The third-order valence-electron chi connectivity index (χ3n) is 1.89. The summed E-state index contributed by atoms with van der Waals surface area (Å²) >= 11 is 5.93. The van der Waals surface area contributed by atoms with Gasteiger partial charge in [0.2, 0.25) is 0 Å². The molecule has 0 aliphatic rings. The summed E-state index contributed by atoms with van der Waals surface area (Å²) < 4.78 is 1.43. The van der Waals surface area contributed by atoms with Crippen LogP contribution in [0, 0.1) is 0 Å². The minimum atomic E-state index is -0.125. The molecule has 0 aromatic carbocycles. The molecule has 0 bridgehead atoms. The highest BCUT2D eigenvalue weighted by Gasteiger charge is 2.04. The zero-order valence-electron chi connectivity index (χ0n) is 6.99. The third-order valence-corrected chi connectivity index (χ3v) is 2.20. The molecular weight excluding hydrogens is 188 g/mol. The largest absolute Gasteiger partial charge is 0.315 e. The average molecular weight is 195 g/mol. The molecule has 0 amide bonds. The second-order valence-electron chi connectivity index (χ2n) is 2.79. The lowest BCUT2D eigenvalue weighted by molar-refractivity contribution is 0.869. The van der Waals surface area contributed by atoms with Gasteiger partial charge in [-0.3, -0.25) is 9.78 Å². The van der Waals surface area contributed by atoms with Crippen LogP contribution in [0.2, 0.25) is 5.02 Å². The Bertz CT molecular complexity index is 518. The molecule has 4 heteroatoms. The van der Waals surface area contributed by atoms with Crippen LogP contribution in [0.5, 0.6) is 0 Å². The number of pyridine rings is 2. The molecule has 0 spiro atoms. The zero-order chi connectivity index (χ0) is 9.42. The van der Waals surface area contributed by atoms with Crippen LogP contribution < -0.4 is 5.56 Å². The Morgan fingerprint density at radius 3 is 3.08 bits per heavy atom. The molecule has 0 aliphatic carbocycles. The fourth-order valence-corrected chi connectivity index (χ4v) is 1.53. The van der Waals surface area contributed by atoms with Gasteiger partial charge in [0.25, 0.3) is 5.56 Å². The highest BCUT2D eigenvalue weighted by Crippen LogP contribution is 2.17. The second kappa shape index (κ2) is 2.85. The highest BCUT2D eigenvalue weighted by molar-refractivity contribution is 6.35. The van der Waals surface area contributed by atoms with E-state index in [9.17, 15) is 4.79 Å². The van der Waals surface area contributed by atoms with Crippen LogP contribution in [-0.4, -0.2) is 9.55 Å². The Hall–Kier alpha value is -1.35. The quantitative estimate of drug-likeness (QED) is 0.639. The van der Waals surface area contributed by atoms with Gasteiger partial charge in [0, 0.05) is 24.8 Å². The molecule has 0 atom stereocenters. The van der Waals surface area contributed by atoms with Crippen molar-refractivity contribution < 1.29 is 0 Å². The monoisotopic (exact) mass is 194 g/mol. The summed E-state index contributed by atoms with van der Waals surface area (Å²) in [7, 11) is 1.66. The van der Waals surface area contributed by atoms with Crippen molar-refractivity contribution in [3.8, 4) is 0 Å². The maximum absolute atomic E-state index is 11.5. The van der Waals surface area contributed by atoms with Crippen molar-refractivity contribution in [2.24, 2.45) is 7.05 Å². The topological polar surface area (TPSA) is 34.9 Å². The molecule has 13 heavy (non-hydrogen) atoms. The van der Waals surface area contributed by atoms with Crippen LogP contribution >= 0.6 is 11.6 Å². The van der Waals surface area contributed by atoms with Crippen molar-refractivity contribution in [1.82, 2.24) is 9.55 Å². The van der Waals surface area contributed by atoms with E-state index in [4.69, 9.17) is 11.6 Å². The van der Waals surface area contributed by atoms with E-state index in [1.807, 2.05) is 0 Å².